The number of benzene rings is 1. The van der Waals surface area contributed by atoms with Crippen LogP contribution in [0.15, 0.2) is 24.3 Å². The average molecular weight is 287 g/mol. The van der Waals surface area contributed by atoms with E-state index >= 15 is 0 Å². The second kappa shape index (κ2) is 6.43. The Balaban J connectivity index is 2.62. The number of anilines is 1. The van der Waals surface area contributed by atoms with Gasteiger partial charge in [0.15, 0.2) is 0 Å². The molecular formula is C16H21N3O2. The van der Waals surface area contributed by atoms with Crippen LogP contribution >= 0.6 is 0 Å². The maximum Gasteiger partial charge on any atom is 0.340 e. The van der Waals surface area contributed by atoms with Crippen LogP contribution in [0.1, 0.15) is 42.5 Å². The first-order valence-electron chi connectivity index (χ1n) is 7.26. The van der Waals surface area contributed by atoms with Crippen LogP contribution in [0.4, 0.5) is 5.69 Å². The van der Waals surface area contributed by atoms with Crippen LogP contribution in [-0.4, -0.2) is 22.4 Å². The lowest BCUT2D eigenvalue weighted by atomic mass is 10.1. The molecule has 1 aromatic heterocycles. The third kappa shape index (κ3) is 2.91. The van der Waals surface area contributed by atoms with Gasteiger partial charge in [-0.3, -0.25) is 0 Å². The molecule has 21 heavy (non-hydrogen) atoms. The predicted octanol–water partition coefficient (Wildman–Crippen LogP) is 2.76. The number of rotatable bonds is 5. The Hall–Kier alpha value is -2.30. The van der Waals surface area contributed by atoms with Crippen molar-refractivity contribution in [3.63, 3.8) is 0 Å². The molecule has 2 rings (SSSR count). The van der Waals surface area contributed by atoms with Gasteiger partial charge in [0.05, 0.1) is 23.6 Å². The van der Waals surface area contributed by atoms with E-state index in [0.29, 0.717) is 23.5 Å². The fourth-order valence-electron chi connectivity index (χ4n) is 2.26. The molecule has 0 spiro atoms. The molecule has 0 aliphatic heterocycles. The Morgan fingerprint density at radius 2 is 2.05 bits per heavy atom. The summed E-state index contributed by atoms with van der Waals surface area (Å²) >= 11 is 0. The molecule has 0 fully saturated rings. The van der Waals surface area contributed by atoms with Gasteiger partial charge in [-0.15, -0.1) is 0 Å². The summed E-state index contributed by atoms with van der Waals surface area (Å²) in [5.41, 5.74) is 9.65. The molecule has 0 amide bonds. The average Bonchev–Trinajstić information content (AvgIpc) is 2.90. The number of carbonyl (C=O) groups excluding carboxylic acids is 1. The molecule has 0 bridgehead atoms. The smallest absolute Gasteiger partial charge is 0.340 e. The number of aryl methyl sites for hydroxylation is 2. The zero-order valence-electron chi connectivity index (χ0n) is 12.7. The lowest BCUT2D eigenvalue weighted by Gasteiger charge is -2.13. The first kappa shape index (κ1) is 15.1. The molecule has 112 valence electrons. The maximum atomic E-state index is 12.1. The van der Waals surface area contributed by atoms with Gasteiger partial charge >= 0.3 is 5.97 Å². The van der Waals surface area contributed by atoms with Gasteiger partial charge in [-0.25, -0.2) is 9.48 Å². The van der Waals surface area contributed by atoms with Gasteiger partial charge in [-0.2, -0.15) is 5.10 Å². The van der Waals surface area contributed by atoms with Gasteiger partial charge in [-0.05, 0) is 38.0 Å². The van der Waals surface area contributed by atoms with Crippen molar-refractivity contribution >= 4 is 11.7 Å². The maximum absolute atomic E-state index is 12.1. The van der Waals surface area contributed by atoms with E-state index < -0.39 is 0 Å². The van der Waals surface area contributed by atoms with Gasteiger partial charge in [-0.1, -0.05) is 19.9 Å². The number of nitrogens with two attached hydrogens (primary N) is 1. The minimum atomic E-state index is -0.379. The summed E-state index contributed by atoms with van der Waals surface area (Å²) in [7, 11) is 0. The van der Waals surface area contributed by atoms with Gasteiger partial charge < -0.3 is 10.5 Å². The molecule has 2 aromatic rings. The quantitative estimate of drug-likeness (QED) is 0.678. The Labute approximate surface area is 124 Å². The van der Waals surface area contributed by atoms with Crippen LogP contribution in [0.5, 0.6) is 0 Å². The Morgan fingerprint density at radius 3 is 2.67 bits per heavy atom. The third-order valence-corrected chi connectivity index (χ3v) is 3.33. The number of hydrogen-bond acceptors (Lipinski definition) is 4. The monoisotopic (exact) mass is 287 g/mol. The Kier molecular flexibility index (Phi) is 4.62. The SMILES string of the molecule is CCOC(=O)c1cccc(N)c1-n1nc(CC)cc1CC. The van der Waals surface area contributed by atoms with Crippen molar-refractivity contribution in [1.29, 1.82) is 0 Å². The summed E-state index contributed by atoms with van der Waals surface area (Å²) < 4.78 is 6.88. The molecule has 0 saturated carbocycles. The summed E-state index contributed by atoms with van der Waals surface area (Å²) in [5.74, 6) is -0.379. The molecule has 1 aromatic carbocycles. The lowest BCUT2D eigenvalue weighted by Crippen LogP contribution is -2.14. The highest BCUT2D eigenvalue weighted by atomic mass is 16.5. The molecular weight excluding hydrogens is 266 g/mol. The minimum Gasteiger partial charge on any atom is -0.462 e. The molecule has 5 heteroatoms. The lowest BCUT2D eigenvalue weighted by molar-refractivity contribution is 0.0526. The van der Waals surface area contributed by atoms with Crippen LogP contribution in [-0.2, 0) is 17.6 Å². The van der Waals surface area contributed by atoms with Gasteiger partial charge in [0.1, 0.15) is 5.69 Å². The summed E-state index contributed by atoms with van der Waals surface area (Å²) in [4.78, 5) is 12.1. The number of nitrogen functional groups attached to an aromatic ring is 1. The second-order valence-electron chi connectivity index (χ2n) is 4.71. The van der Waals surface area contributed by atoms with Crippen molar-refractivity contribution in [3.05, 3.63) is 41.2 Å². The highest BCUT2D eigenvalue weighted by Gasteiger charge is 2.19. The van der Waals surface area contributed by atoms with Crippen molar-refractivity contribution in [1.82, 2.24) is 9.78 Å². The molecule has 0 radical (unpaired) electrons. The number of hydrogen-bond donors (Lipinski definition) is 1. The topological polar surface area (TPSA) is 70.1 Å². The normalized spacial score (nSPS) is 10.6. The first-order chi connectivity index (χ1) is 10.1. The number of para-hydroxylation sites is 1. The van der Waals surface area contributed by atoms with E-state index in [1.165, 1.54) is 0 Å². The summed E-state index contributed by atoms with van der Waals surface area (Å²) in [5, 5.41) is 4.56. The number of ether oxygens (including phenoxy) is 1. The number of carbonyl (C=O) groups is 1. The zero-order valence-corrected chi connectivity index (χ0v) is 12.7. The molecule has 0 atom stereocenters. The number of nitrogens with zero attached hydrogens (tertiary/aromatic N) is 2. The van der Waals surface area contributed by atoms with E-state index in [1.54, 1.807) is 29.8 Å². The Bertz CT molecular complexity index is 647. The predicted molar refractivity (Wildman–Crippen MR) is 82.7 cm³/mol. The van der Waals surface area contributed by atoms with Gasteiger partial charge in [0.25, 0.3) is 0 Å². The highest BCUT2D eigenvalue weighted by Crippen LogP contribution is 2.25. The van der Waals surface area contributed by atoms with Crippen molar-refractivity contribution in [3.8, 4) is 5.69 Å². The van der Waals surface area contributed by atoms with Crippen molar-refractivity contribution in [2.24, 2.45) is 0 Å². The van der Waals surface area contributed by atoms with E-state index in [-0.39, 0.29) is 5.97 Å². The first-order valence-corrected chi connectivity index (χ1v) is 7.26. The zero-order chi connectivity index (χ0) is 15.4. The highest BCUT2D eigenvalue weighted by molar-refractivity contribution is 5.96. The summed E-state index contributed by atoms with van der Waals surface area (Å²) in [6, 6.07) is 7.28. The van der Waals surface area contributed by atoms with E-state index in [1.807, 2.05) is 13.0 Å². The fourth-order valence-corrected chi connectivity index (χ4v) is 2.26. The van der Waals surface area contributed by atoms with Crippen LogP contribution in [0.25, 0.3) is 5.69 Å². The van der Waals surface area contributed by atoms with E-state index in [4.69, 9.17) is 10.5 Å². The summed E-state index contributed by atoms with van der Waals surface area (Å²) in [6.45, 7) is 6.21. The van der Waals surface area contributed by atoms with E-state index in [0.717, 1.165) is 24.2 Å². The largest absolute Gasteiger partial charge is 0.462 e. The molecule has 2 N–H and O–H groups in total. The van der Waals surface area contributed by atoms with Crippen LogP contribution in [0.3, 0.4) is 0 Å². The van der Waals surface area contributed by atoms with Crippen LogP contribution in [0, 0.1) is 0 Å². The molecule has 0 aliphatic carbocycles. The summed E-state index contributed by atoms with van der Waals surface area (Å²) in [6.07, 6.45) is 1.64. The molecule has 0 unspecified atom stereocenters. The fraction of sp³-hybridized carbons (Fsp3) is 0.375. The van der Waals surface area contributed by atoms with Gasteiger partial charge in [0.2, 0.25) is 0 Å². The standard InChI is InChI=1S/C16H21N3O2/c1-4-11-10-12(5-2)19(18-11)15-13(16(20)21-6-3)8-7-9-14(15)17/h7-10H,4-6,17H2,1-3H3. The Morgan fingerprint density at radius 1 is 1.29 bits per heavy atom. The third-order valence-electron chi connectivity index (χ3n) is 3.33. The minimum absolute atomic E-state index is 0.326. The van der Waals surface area contributed by atoms with Crippen LogP contribution in [0.2, 0.25) is 0 Å². The molecule has 5 nitrogen and oxygen atoms in total. The van der Waals surface area contributed by atoms with E-state index in [2.05, 4.69) is 12.0 Å². The van der Waals surface area contributed by atoms with Crippen molar-refractivity contribution < 1.29 is 9.53 Å². The van der Waals surface area contributed by atoms with Crippen molar-refractivity contribution in [2.75, 3.05) is 12.3 Å². The number of aromatic nitrogens is 2. The second-order valence-corrected chi connectivity index (χ2v) is 4.71. The molecule has 1 heterocycles. The molecule has 0 aliphatic rings. The van der Waals surface area contributed by atoms with Gasteiger partial charge in [0, 0.05) is 5.69 Å². The molecule has 0 saturated heterocycles. The van der Waals surface area contributed by atoms with E-state index in [9.17, 15) is 4.79 Å². The number of esters is 1. The van der Waals surface area contributed by atoms with Crippen molar-refractivity contribution in [2.45, 2.75) is 33.6 Å². The van der Waals surface area contributed by atoms with Crippen LogP contribution < -0.4 is 5.73 Å².